The summed E-state index contributed by atoms with van der Waals surface area (Å²) in [5.74, 6) is 0.0914. The fourth-order valence-corrected chi connectivity index (χ4v) is 4.49. The van der Waals surface area contributed by atoms with Crippen molar-refractivity contribution in [2.24, 2.45) is 5.92 Å². The summed E-state index contributed by atoms with van der Waals surface area (Å²) in [7, 11) is 0. The van der Waals surface area contributed by atoms with Gasteiger partial charge in [0.2, 0.25) is 0 Å². The fourth-order valence-electron chi connectivity index (χ4n) is 4.49. The van der Waals surface area contributed by atoms with E-state index < -0.39 is 5.54 Å². The number of piperidine rings is 1. The molecule has 0 bridgehead atoms. The van der Waals surface area contributed by atoms with Gasteiger partial charge in [-0.05, 0) is 43.9 Å². The van der Waals surface area contributed by atoms with Crippen LogP contribution in [-0.2, 0) is 4.79 Å². The molecule has 154 valence electrons. The lowest BCUT2D eigenvalue weighted by molar-refractivity contribution is -0.135. The van der Waals surface area contributed by atoms with Gasteiger partial charge in [0, 0.05) is 31.7 Å². The van der Waals surface area contributed by atoms with Gasteiger partial charge >= 0.3 is 6.03 Å². The minimum absolute atomic E-state index is 0.0594. The minimum Gasteiger partial charge on any atom is -0.345 e. The molecule has 4 rings (SSSR count). The molecule has 8 nitrogen and oxygen atoms in total. The van der Waals surface area contributed by atoms with Crippen LogP contribution in [0, 0.1) is 5.92 Å². The van der Waals surface area contributed by atoms with Crippen LogP contribution in [0.5, 0.6) is 0 Å². The average molecular weight is 397 g/mol. The predicted molar refractivity (Wildman–Crippen MR) is 108 cm³/mol. The van der Waals surface area contributed by atoms with Crippen LogP contribution in [0.15, 0.2) is 24.5 Å². The number of imidazole rings is 1. The molecular weight excluding hydrogens is 370 g/mol. The van der Waals surface area contributed by atoms with Crippen LogP contribution >= 0.6 is 0 Å². The number of nitrogens with zero attached hydrogens (tertiary/aromatic N) is 4. The third kappa shape index (κ3) is 3.07. The summed E-state index contributed by atoms with van der Waals surface area (Å²) in [6, 6.07) is 5.22. The van der Waals surface area contributed by atoms with E-state index in [0.717, 1.165) is 11.0 Å². The molecule has 0 radical (unpaired) electrons. The number of hydrogen-bond acceptors (Lipinski definition) is 4. The number of carbonyl (C=O) groups excluding carboxylic acids is 3. The van der Waals surface area contributed by atoms with Crippen molar-refractivity contribution < 1.29 is 14.4 Å². The molecule has 1 aromatic carbocycles. The molecule has 3 heterocycles. The molecular formula is C21H27N5O3. The summed E-state index contributed by atoms with van der Waals surface area (Å²) < 4.78 is 0. The number of nitrogens with one attached hydrogen (secondary N) is 1. The third-order valence-electron chi connectivity index (χ3n) is 6.03. The van der Waals surface area contributed by atoms with E-state index in [9.17, 15) is 14.4 Å². The minimum atomic E-state index is -0.818. The lowest BCUT2D eigenvalue weighted by Crippen LogP contribution is -2.58. The molecule has 2 saturated heterocycles. The molecule has 0 atom stereocenters. The number of fused-ring (bicyclic) bond motifs is 1. The summed E-state index contributed by atoms with van der Waals surface area (Å²) >= 11 is 0. The molecule has 0 unspecified atom stereocenters. The number of urea groups is 1. The highest BCUT2D eigenvalue weighted by Crippen LogP contribution is 2.38. The summed E-state index contributed by atoms with van der Waals surface area (Å²) in [5, 5.41) is 0. The molecule has 2 aromatic rings. The number of imide groups is 1. The number of likely N-dealkylation sites (N-methyl/N-ethyl adjacent to an activating group) is 1. The van der Waals surface area contributed by atoms with Crippen LogP contribution in [-0.4, -0.2) is 74.2 Å². The molecule has 4 amide bonds. The Morgan fingerprint density at radius 3 is 2.62 bits per heavy atom. The number of aromatic nitrogens is 2. The quantitative estimate of drug-likeness (QED) is 0.803. The second kappa shape index (κ2) is 7.17. The summed E-state index contributed by atoms with van der Waals surface area (Å²) in [6.07, 6.45) is 2.55. The molecule has 2 aliphatic rings. The Morgan fingerprint density at radius 1 is 1.24 bits per heavy atom. The summed E-state index contributed by atoms with van der Waals surface area (Å²) in [4.78, 5) is 51.1. The number of H-pyrrole nitrogens is 1. The molecule has 1 aromatic heterocycles. The Morgan fingerprint density at radius 2 is 1.97 bits per heavy atom. The zero-order valence-electron chi connectivity index (χ0n) is 17.1. The number of benzene rings is 1. The number of hydrogen-bond donors (Lipinski definition) is 1. The Balaban J connectivity index is 1.54. The maximum Gasteiger partial charge on any atom is 0.327 e. The van der Waals surface area contributed by atoms with Crippen LogP contribution in [0.25, 0.3) is 11.0 Å². The first kappa shape index (κ1) is 19.4. The van der Waals surface area contributed by atoms with Crippen LogP contribution < -0.4 is 0 Å². The van der Waals surface area contributed by atoms with Gasteiger partial charge in [0.1, 0.15) is 5.54 Å². The summed E-state index contributed by atoms with van der Waals surface area (Å²) in [5.41, 5.74) is 1.42. The lowest BCUT2D eigenvalue weighted by Gasteiger charge is -2.42. The van der Waals surface area contributed by atoms with Crippen molar-refractivity contribution in [3.63, 3.8) is 0 Å². The van der Waals surface area contributed by atoms with Gasteiger partial charge in [0.15, 0.2) is 0 Å². The van der Waals surface area contributed by atoms with Crippen molar-refractivity contribution in [1.29, 1.82) is 0 Å². The van der Waals surface area contributed by atoms with Crippen molar-refractivity contribution in [1.82, 2.24) is 24.7 Å². The first-order valence-electron chi connectivity index (χ1n) is 10.2. The van der Waals surface area contributed by atoms with E-state index in [1.165, 1.54) is 4.90 Å². The Kier molecular flexibility index (Phi) is 4.80. The second-order valence-corrected chi connectivity index (χ2v) is 8.29. The summed E-state index contributed by atoms with van der Waals surface area (Å²) in [6.45, 7) is 7.74. The van der Waals surface area contributed by atoms with E-state index in [0.29, 0.717) is 44.6 Å². The van der Waals surface area contributed by atoms with Gasteiger partial charge in [-0.1, -0.05) is 13.8 Å². The fraction of sp³-hybridized carbons (Fsp3) is 0.524. The van der Waals surface area contributed by atoms with Crippen LogP contribution in [0.4, 0.5) is 4.79 Å². The average Bonchev–Trinajstić information content (AvgIpc) is 3.25. The maximum absolute atomic E-state index is 13.1. The maximum atomic E-state index is 13.1. The number of carbonyl (C=O) groups is 3. The van der Waals surface area contributed by atoms with Crippen molar-refractivity contribution in [2.45, 2.75) is 39.2 Å². The Labute approximate surface area is 169 Å². The lowest BCUT2D eigenvalue weighted by atomic mass is 9.85. The topological polar surface area (TPSA) is 89.6 Å². The van der Waals surface area contributed by atoms with E-state index in [1.807, 2.05) is 32.9 Å². The Hall–Kier alpha value is -2.90. The largest absolute Gasteiger partial charge is 0.345 e. The number of rotatable bonds is 4. The third-order valence-corrected chi connectivity index (χ3v) is 6.03. The van der Waals surface area contributed by atoms with Gasteiger partial charge in [0.05, 0.1) is 17.4 Å². The number of amides is 4. The molecule has 2 fully saturated rings. The molecule has 1 N–H and O–H groups in total. The highest BCUT2D eigenvalue weighted by molar-refractivity contribution is 6.07. The molecule has 0 saturated carbocycles. The van der Waals surface area contributed by atoms with Gasteiger partial charge < -0.3 is 14.8 Å². The predicted octanol–water partition coefficient (Wildman–Crippen LogP) is 2.48. The molecule has 29 heavy (non-hydrogen) atoms. The molecule has 0 aliphatic carbocycles. The van der Waals surface area contributed by atoms with Crippen LogP contribution in [0.3, 0.4) is 0 Å². The number of aromatic amines is 1. The Bertz CT molecular complexity index is 958. The van der Waals surface area contributed by atoms with E-state index in [1.54, 1.807) is 22.2 Å². The van der Waals surface area contributed by atoms with Gasteiger partial charge in [-0.3, -0.25) is 14.5 Å². The van der Waals surface area contributed by atoms with Crippen molar-refractivity contribution in [3.8, 4) is 0 Å². The normalized spacial score (nSPS) is 19.2. The van der Waals surface area contributed by atoms with Gasteiger partial charge in [-0.25, -0.2) is 9.78 Å². The standard InChI is InChI=1S/C21H27N5O3/c1-4-25-19(28)21(26(20(25)29)12-14(2)3)7-9-24(10-8-21)18(27)15-5-6-16-17(11-15)23-13-22-16/h5-6,11,13-14H,4,7-10,12H2,1-3H3,(H,22,23). The van der Waals surface area contributed by atoms with E-state index in [2.05, 4.69) is 9.97 Å². The second-order valence-electron chi connectivity index (χ2n) is 8.29. The number of likely N-dealkylation sites (tertiary alicyclic amines) is 1. The smallest absolute Gasteiger partial charge is 0.327 e. The van der Waals surface area contributed by atoms with Crippen LogP contribution in [0.1, 0.15) is 44.0 Å². The van der Waals surface area contributed by atoms with Gasteiger partial charge in [-0.2, -0.15) is 0 Å². The van der Waals surface area contributed by atoms with Crippen molar-refractivity contribution >= 4 is 28.9 Å². The SMILES string of the molecule is CCN1C(=O)N(CC(C)C)C2(CCN(C(=O)c3ccc4nc[nH]c4c3)CC2)C1=O. The van der Waals surface area contributed by atoms with E-state index >= 15 is 0 Å². The highest BCUT2D eigenvalue weighted by atomic mass is 16.2. The van der Waals surface area contributed by atoms with Crippen LogP contribution in [0.2, 0.25) is 0 Å². The van der Waals surface area contributed by atoms with Crippen molar-refractivity contribution in [2.75, 3.05) is 26.2 Å². The zero-order valence-corrected chi connectivity index (χ0v) is 17.1. The first-order chi connectivity index (χ1) is 13.9. The monoisotopic (exact) mass is 397 g/mol. The van der Waals surface area contributed by atoms with E-state index in [4.69, 9.17) is 0 Å². The highest BCUT2D eigenvalue weighted by Gasteiger charge is 2.57. The zero-order chi connectivity index (χ0) is 20.8. The van der Waals surface area contributed by atoms with Crippen molar-refractivity contribution in [3.05, 3.63) is 30.1 Å². The first-order valence-corrected chi connectivity index (χ1v) is 10.2. The van der Waals surface area contributed by atoms with Gasteiger partial charge in [-0.15, -0.1) is 0 Å². The van der Waals surface area contributed by atoms with Gasteiger partial charge in [0.25, 0.3) is 11.8 Å². The molecule has 2 aliphatic heterocycles. The van der Waals surface area contributed by atoms with E-state index in [-0.39, 0.29) is 23.8 Å². The molecule has 1 spiro atoms. The molecule has 8 heteroatoms.